The van der Waals surface area contributed by atoms with Gasteiger partial charge in [0.25, 0.3) is 10.0 Å². The summed E-state index contributed by atoms with van der Waals surface area (Å²) in [7, 11) is -3.66. The van der Waals surface area contributed by atoms with Crippen molar-refractivity contribution in [3.63, 3.8) is 0 Å². The van der Waals surface area contributed by atoms with E-state index in [2.05, 4.69) is 18.6 Å². The SMILES string of the molecule is CC(=O)c1ccc(S(=O)(=O)Nc2ccc(SC(C)C)cc2)cc1. The van der Waals surface area contributed by atoms with Gasteiger partial charge in [0.1, 0.15) is 0 Å². The number of benzene rings is 2. The number of thioether (sulfide) groups is 1. The summed E-state index contributed by atoms with van der Waals surface area (Å²) < 4.78 is 27.2. The smallest absolute Gasteiger partial charge is 0.261 e. The number of anilines is 1. The van der Waals surface area contributed by atoms with Gasteiger partial charge in [-0.2, -0.15) is 0 Å². The molecule has 0 spiro atoms. The van der Waals surface area contributed by atoms with Crippen LogP contribution < -0.4 is 4.72 Å². The molecule has 0 saturated carbocycles. The van der Waals surface area contributed by atoms with Gasteiger partial charge in [-0.3, -0.25) is 9.52 Å². The summed E-state index contributed by atoms with van der Waals surface area (Å²) in [5, 5.41) is 0.470. The molecule has 0 unspecified atom stereocenters. The minimum absolute atomic E-state index is 0.0971. The molecule has 0 aliphatic carbocycles. The fourth-order valence-corrected chi connectivity index (χ4v) is 3.85. The lowest BCUT2D eigenvalue weighted by Crippen LogP contribution is -2.13. The van der Waals surface area contributed by atoms with Gasteiger partial charge in [-0.05, 0) is 43.3 Å². The van der Waals surface area contributed by atoms with Gasteiger partial charge >= 0.3 is 0 Å². The van der Waals surface area contributed by atoms with E-state index in [4.69, 9.17) is 0 Å². The summed E-state index contributed by atoms with van der Waals surface area (Å²) in [5.74, 6) is -0.0971. The zero-order valence-corrected chi connectivity index (χ0v) is 14.9. The third-order valence-electron chi connectivity index (χ3n) is 3.05. The number of carbonyl (C=O) groups excluding carboxylic acids is 1. The van der Waals surface area contributed by atoms with E-state index >= 15 is 0 Å². The van der Waals surface area contributed by atoms with Gasteiger partial charge in [-0.15, -0.1) is 11.8 Å². The standard InChI is InChI=1S/C17H19NO3S2/c1-12(2)22-16-8-6-15(7-9-16)18-23(20,21)17-10-4-14(5-11-17)13(3)19/h4-12,18H,1-3H3. The van der Waals surface area contributed by atoms with Crippen LogP contribution in [0, 0.1) is 0 Å². The Bertz CT molecular complexity index is 780. The Kier molecular flexibility index (Phi) is 5.49. The Labute approximate surface area is 141 Å². The maximum absolute atomic E-state index is 12.3. The molecule has 0 saturated heterocycles. The number of Topliss-reactive ketones (excluding diaryl/α,β-unsaturated/α-hetero) is 1. The highest BCUT2D eigenvalue weighted by molar-refractivity contribution is 7.99. The molecular formula is C17H19NO3S2. The molecule has 2 rings (SSSR count). The largest absolute Gasteiger partial charge is 0.295 e. The van der Waals surface area contributed by atoms with E-state index in [9.17, 15) is 13.2 Å². The monoisotopic (exact) mass is 349 g/mol. The van der Waals surface area contributed by atoms with Crippen LogP contribution in [0.25, 0.3) is 0 Å². The molecule has 2 aromatic rings. The number of hydrogen-bond acceptors (Lipinski definition) is 4. The Morgan fingerprint density at radius 3 is 2.04 bits per heavy atom. The van der Waals surface area contributed by atoms with Crippen molar-refractivity contribution in [3.05, 3.63) is 54.1 Å². The first kappa shape index (κ1) is 17.6. The Hall–Kier alpha value is -1.79. The lowest BCUT2D eigenvalue weighted by Gasteiger charge is -2.10. The quantitative estimate of drug-likeness (QED) is 0.627. The first-order valence-corrected chi connectivity index (χ1v) is 9.55. The second-order valence-electron chi connectivity index (χ2n) is 5.38. The third-order valence-corrected chi connectivity index (χ3v) is 5.46. The van der Waals surface area contributed by atoms with E-state index in [-0.39, 0.29) is 10.7 Å². The number of ketones is 1. The molecule has 0 aromatic heterocycles. The molecule has 122 valence electrons. The average Bonchev–Trinajstić information content (AvgIpc) is 2.48. The molecule has 4 nitrogen and oxygen atoms in total. The van der Waals surface area contributed by atoms with Gasteiger partial charge in [0, 0.05) is 21.4 Å². The van der Waals surface area contributed by atoms with Crippen LogP contribution >= 0.6 is 11.8 Å². The molecule has 0 fully saturated rings. The summed E-state index contributed by atoms with van der Waals surface area (Å²) in [4.78, 5) is 12.5. The molecule has 0 radical (unpaired) electrons. The normalized spacial score (nSPS) is 11.5. The summed E-state index contributed by atoms with van der Waals surface area (Å²) >= 11 is 1.72. The highest BCUT2D eigenvalue weighted by Gasteiger charge is 2.14. The third kappa shape index (κ3) is 4.84. The van der Waals surface area contributed by atoms with Crippen molar-refractivity contribution < 1.29 is 13.2 Å². The van der Waals surface area contributed by atoms with Crippen molar-refractivity contribution in [2.45, 2.75) is 35.8 Å². The number of hydrogen-bond donors (Lipinski definition) is 1. The van der Waals surface area contributed by atoms with E-state index < -0.39 is 10.0 Å². The van der Waals surface area contributed by atoms with Gasteiger partial charge in [0.05, 0.1) is 4.90 Å². The molecule has 0 bridgehead atoms. The zero-order valence-electron chi connectivity index (χ0n) is 13.2. The molecule has 23 heavy (non-hydrogen) atoms. The maximum Gasteiger partial charge on any atom is 0.261 e. The maximum atomic E-state index is 12.3. The van der Waals surface area contributed by atoms with Crippen LogP contribution in [-0.4, -0.2) is 19.5 Å². The van der Waals surface area contributed by atoms with Crippen LogP contribution in [0.1, 0.15) is 31.1 Å². The molecule has 0 atom stereocenters. The van der Waals surface area contributed by atoms with Crippen molar-refractivity contribution in [2.24, 2.45) is 0 Å². The van der Waals surface area contributed by atoms with Gasteiger partial charge < -0.3 is 0 Å². The fourth-order valence-electron chi connectivity index (χ4n) is 1.96. The lowest BCUT2D eigenvalue weighted by molar-refractivity contribution is 0.101. The van der Waals surface area contributed by atoms with Crippen LogP contribution in [0.5, 0.6) is 0 Å². The van der Waals surface area contributed by atoms with Crippen LogP contribution in [0.15, 0.2) is 58.3 Å². The van der Waals surface area contributed by atoms with Gasteiger partial charge in [0.15, 0.2) is 5.78 Å². The summed E-state index contributed by atoms with van der Waals surface area (Å²) in [5.41, 5.74) is 0.993. The number of sulfonamides is 1. The van der Waals surface area contributed by atoms with Gasteiger partial charge in [-0.1, -0.05) is 26.0 Å². The number of nitrogens with one attached hydrogen (secondary N) is 1. The predicted molar refractivity (Wildman–Crippen MR) is 94.7 cm³/mol. The highest BCUT2D eigenvalue weighted by Crippen LogP contribution is 2.25. The first-order valence-electron chi connectivity index (χ1n) is 7.18. The van der Waals surface area contributed by atoms with Crippen LogP contribution in [0.3, 0.4) is 0 Å². The van der Waals surface area contributed by atoms with Crippen molar-refractivity contribution in [1.29, 1.82) is 0 Å². The van der Waals surface area contributed by atoms with E-state index in [1.807, 2.05) is 12.1 Å². The second kappa shape index (κ2) is 7.19. The zero-order chi connectivity index (χ0) is 17.0. The van der Waals surface area contributed by atoms with E-state index in [1.165, 1.54) is 31.2 Å². The summed E-state index contributed by atoms with van der Waals surface area (Å²) in [6.07, 6.45) is 0. The molecule has 2 aromatic carbocycles. The minimum atomic E-state index is -3.66. The first-order chi connectivity index (χ1) is 10.8. The molecular weight excluding hydrogens is 330 g/mol. The van der Waals surface area contributed by atoms with Gasteiger partial charge in [-0.25, -0.2) is 8.42 Å². The summed E-state index contributed by atoms with van der Waals surface area (Å²) in [6, 6.07) is 13.2. The van der Waals surface area contributed by atoms with E-state index in [1.54, 1.807) is 23.9 Å². The van der Waals surface area contributed by atoms with Crippen molar-refractivity contribution in [3.8, 4) is 0 Å². The Morgan fingerprint density at radius 1 is 1.00 bits per heavy atom. The van der Waals surface area contributed by atoms with E-state index in [0.29, 0.717) is 16.5 Å². The van der Waals surface area contributed by atoms with Crippen LogP contribution in [0.2, 0.25) is 0 Å². The number of carbonyl (C=O) groups is 1. The Morgan fingerprint density at radius 2 is 1.57 bits per heavy atom. The molecule has 1 N–H and O–H groups in total. The second-order valence-corrected chi connectivity index (χ2v) is 8.71. The van der Waals surface area contributed by atoms with Crippen molar-refractivity contribution in [2.75, 3.05) is 4.72 Å². The summed E-state index contributed by atoms with van der Waals surface area (Å²) in [6.45, 7) is 5.65. The van der Waals surface area contributed by atoms with Crippen LogP contribution in [-0.2, 0) is 10.0 Å². The highest BCUT2D eigenvalue weighted by atomic mass is 32.2. The molecule has 6 heteroatoms. The van der Waals surface area contributed by atoms with Crippen molar-refractivity contribution in [1.82, 2.24) is 0 Å². The molecule has 0 aliphatic heterocycles. The topological polar surface area (TPSA) is 63.2 Å². The molecule has 0 aliphatic rings. The van der Waals surface area contributed by atoms with Crippen molar-refractivity contribution >= 4 is 33.3 Å². The predicted octanol–water partition coefficient (Wildman–Crippen LogP) is 4.19. The average molecular weight is 349 g/mol. The number of rotatable bonds is 6. The van der Waals surface area contributed by atoms with Crippen LogP contribution in [0.4, 0.5) is 5.69 Å². The lowest BCUT2D eigenvalue weighted by atomic mass is 10.2. The van der Waals surface area contributed by atoms with E-state index in [0.717, 1.165) is 4.90 Å². The minimum Gasteiger partial charge on any atom is -0.295 e. The fraction of sp³-hybridized carbons (Fsp3) is 0.235. The molecule has 0 heterocycles. The molecule has 0 amide bonds. The van der Waals surface area contributed by atoms with Gasteiger partial charge in [0.2, 0.25) is 0 Å². The Balaban J connectivity index is 2.15.